The second kappa shape index (κ2) is 6.13. The normalized spacial score (nSPS) is 14.9. The van der Waals surface area contributed by atoms with Crippen LogP contribution in [0.15, 0.2) is 24.3 Å². The monoisotopic (exact) mass is 322 g/mol. The molecule has 110 valence electrons. The molecule has 1 aliphatic heterocycles. The summed E-state index contributed by atoms with van der Waals surface area (Å²) >= 11 is 7.68. The molecule has 0 fully saturated rings. The Morgan fingerprint density at radius 2 is 2.33 bits per heavy atom. The molecule has 0 saturated heterocycles. The lowest BCUT2D eigenvalue weighted by Gasteiger charge is -2.23. The van der Waals surface area contributed by atoms with Crippen LogP contribution in [-0.2, 0) is 24.2 Å². The predicted octanol–water partition coefficient (Wildman–Crippen LogP) is 2.83. The zero-order valence-corrected chi connectivity index (χ0v) is 13.0. The van der Waals surface area contributed by atoms with Gasteiger partial charge in [-0.3, -0.25) is 9.69 Å². The van der Waals surface area contributed by atoms with Gasteiger partial charge in [0.25, 0.3) is 0 Å². The zero-order valence-electron chi connectivity index (χ0n) is 11.4. The van der Waals surface area contributed by atoms with Gasteiger partial charge in [0.15, 0.2) is 0 Å². The maximum Gasteiger partial charge on any atom is 0.317 e. The summed E-state index contributed by atoms with van der Waals surface area (Å²) in [6.45, 7) is 1.55. The van der Waals surface area contributed by atoms with Crippen molar-refractivity contribution in [3.8, 4) is 0 Å². The van der Waals surface area contributed by atoms with Crippen LogP contribution >= 0.6 is 22.9 Å². The molecule has 2 heterocycles. The molecule has 2 aromatic rings. The van der Waals surface area contributed by atoms with Crippen molar-refractivity contribution in [3.05, 3.63) is 50.4 Å². The number of carboxylic acids is 1. The first-order valence-corrected chi connectivity index (χ1v) is 7.95. The Hall–Kier alpha value is -1.43. The number of carboxylic acid groups (broad SMARTS) is 1. The van der Waals surface area contributed by atoms with Gasteiger partial charge in [-0.1, -0.05) is 23.7 Å². The first kappa shape index (κ1) is 14.5. The second-order valence-corrected chi connectivity index (χ2v) is 6.74. The van der Waals surface area contributed by atoms with Crippen LogP contribution in [-0.4, -0.2) is 34.0 Å². The Morgan fingerprint density at radius 1 is 1.48 bits per heavy atom. The van der Waals surface area contributed by atoms with Gasteiger partial charge < -0.3 is 5.11 Å². The molecule has 3 rings (SSSR count). The van der Waals surface area contributed by atoms with Gasteiger partial charge in [-0.25, -0.2) is 4.98 Å². The molecule has 0 unspecified atom stereocenters. The summed E-state index contributed by atoms with van der Waals surface area (Å²) in [5.74, 6) is -0.776. The Morgan fingerprint density at radius 3 is 3.10 bits per heavy atom. The number of aromatic nitrogens is 1. The molecule has 0 atom stereocenters. The second-order valence-electron chi connectivity index (χ2n) is 5.14. The number of fused-ring (bicyclic) bond motifs is 1. The van der Waals surface area contributed by atoms with E-state index >= 15 is 0 Å². The molecular weight excluding hydrogens is 308 g/mol. The third-order valence-corrected chi connectivity index (χ3v) is 4.78. The summed E-state index contributed by atoms with van der Waals surface area (Å²) in [6.07, 6.45) is 1.60. The Kier molecular flexibility index (Phi) is 4.24. The highest BCUT2D eigenvalue weighted by Crippen LogP contribution is 2.27. The van der Waals surface area contributed by atoms with E-state index in [0.717, 1.165) is 40.7 Å². The average molecular weight is 323 g/mol. The third kappa shape index (κ3) is 3.61. The van der Waals surface area contributed by atoms with Crippen LogP contribution in [0.5, 0.6) is 0 Å². The molecule has 0 amide bonds. The van der Waals surface area contributed by atoms with Crippen LogP contribution in [0.1, 0.15) is 21.1 Å². The van der Waals surface area contributed by atoms with Crippen LogP contribution in [0.25, 0.3) is 0 Å². The number of carbonyl (C=O) groups is 1. The highest BCUT2D eigenvalue weighted by molar-refractivity contribution is 7.11. The molecule has 0 spiro atoms. The number of thiazole rings is 1. The van der Waals surface area contributed by atoms with E-state index in [4.69, 9.17) is 21.7 Å². The van der Waals surface area contributed by atoms with Gasteiger partial charge in [-0.05, 0) is 17.7 Å². The van der Waals surface area contributed by atoms with Gasteiger partial charge >= 0.3 is 5.97 Å². The lowest BCUT2D eigenvalue weighted by Crippen LogP contribution is -2.34. The maximum absolute atomic E-state index is 10.8. The summed E-state index contributed by atoms with van der Waals surface area (Å²) in [6, 6.07) is 7.81. The molecule has 0 bridgehead atoms. The van der Waals surface area contributed by atoms with Crippen molar-refractivity contribution in [1.29, 1.82) is 0 Å². The number of hydrogen-bond acceptors (Lipinski definition) is 4. The molecule has 1 aliphatic rings. The minimum Gasteiger partial charge on any atom is -0.480 e. The molecule has 0 radical (unpaired) electrons. The van der Waals surface area contributed by atoms with Crippen LogP contribution < -0.4 is 0 Å². The summed E-state index contributed by atoms with van der Waals surface area (Å²) in [5, 5.41) is 10.7. The van der Waals surface area contributed by atoms with Gasteiger partial charge in [0.05, 0.1) is 17.2 Å². The standard InChI is InChI=1S/C15H15ClN2O2S/c16-11-3-1-2-10(6-11)7-14-17-12-4-5-18(9-15(19)20)8-13(12)21-14/h1-3,6H,4-5,7-9H2,(H,19,20). The maximum atomic E-state index is 10.8. The molecule has 6 heteroatoms. The SMILES string of the molecule is O=C(O)CN1CCc2nc(Cc3cccc(Cl)c3)sc2C1. The van der Waals surface area contributed by atoms with Crippen molar-refractivity contribution in [3.63, 3.8) is 0 Å². The Balaban J connectivity index is 1.73. The molecule has 1 N–H and O–H groups in total. The van der Waals surface area contributed by atoms with E-state index in [9.17, 15) is 4.79 Å². The van der Waals surface area contributed by atoms with E-state index in [-0.39, 0.29) is 6.54 Å². The van der Waals surface area contributed by atoms with E-state index < -0.39 is 5.97 Å². The van der Waals surface area contributed by atoms with Gasteiger partial charge in [0.1, 0.15) is 0 Å². The molecule has 0 aliphatic carbocycles. The first-order valence-electron chi connectivity index (χ1n) is 6.76. The lowest BCUT2D eigenvalue weighted by atomic mass is 10.1. The topological polar surface area (TPSA) is 53.4 Å². The number of hydrogen-bond donors (Lipinski definition) is 1. The average Bonchev–Trinajstić information content (AvgIpc) is 2.79. The lowest BCUT2D eigenvalue weighted by molar-refractivity contribution is -0.138. The molecule has 21 heavy (non-hydrogen) atoms. The van der Waals surface area contributed by atoms with E-state index in [1.165, 1.54) is 4.88 Å². The van der Waals surface area contributed by atoms with Crippen LogP contribution in [0.2, 0.25) is 5.02 Å². The zero-order chi connectivity index (χ0) is 14.8. The highest BCUT2D eigenvalue weighted by Gasteiger charge is 2.22. The third-order valence-electron chi connectivity index (χ3n) is 3.46. The van der Waals surface area contributed by atoms with Gasteiger partial charge in [0.2, 0.25) is 0 Å². The molecular formula is C15H15ClN2O2S. The predicted molar refractivity (Wildman–Crippen MR) is 83.0 cm³/mol. The Bertz CT molecular complexity index is 671. The van der Waals surface area contributed by atoms with Gasteiger partial charge in [-0.15, -0.1) is 11.3 Å². The molecule has 0 saturated carbocycles. The summed E-state index contributed by atoms with van der Waals surface area (Å²) in [7, 11) is 0. The van der Waals surface area contributed by atoms with Crippen molar-refractivity contribution < 1.29 is 9.90 Å². The van der Waals surface area contributed by atoms with Crippen molar-refractivity contribution >= 4 is 28.9 Å². The van der Waals surface area contributed by atoms with Crippen molar-refractivity contribution in [2.24, 2.45) is 0 Å². The fraction of sp³-hybridized carbons (Fsp3) is 0.333. The summed E-state index contributed by atoms with van der Waals surface area (Å²) < 4.78 is 0. The quantitative estimate of drug-likeness (QED) is 0.940. The smallest absolute Gasteiger partial charge is 0.317 e. The fourth-order valence-corrected chi connectivity index (χ4v) is 3.93. The summed E-state index contributed by atoms with van der Waals surface area (Å²) in [5.41, 5.74) is 2.27. The molecule has 1 aromatic carbocycles. The van der Waals surface area contributed by atoms with E-state index in [1.807, 2.05) is 29.2 Å². The minimum absolute atomic E-state index is 0.0982. The first-order chi connectivity index (χ1) is 10.1. The number of benzene rings is 1. The van der Waals surface area contributed by atoms with E-state index in [2.05, 4.69) is 0 Å². The number of aliphatic carboxylic acids is 1. The van der Waals surface area contributed by atoms with Gasteiger partial charge in [-0.2, -0.15) is 0 Å². The van der Waals surface area contributed by atoms with Crippen molar-refractivity contribution in [2.75, 3.05) is 13.1 Å². The number of rotatable bonds is 4. The number of nitrogens with zero attached hydrogens (tertiary/aromatic N) is 2. The van der Waals surface area contributed by atoms with Crippen LogP contribution in [0.4, 0.5) is 0 Å². The van der Waals surface area contributed by atoms with E-state index in [1.54, 1.807) is 11.3 Å². The Labute approximate surface area is 132 Å². The van der Waals surface area contributed by atoms with E-state index in [0.29, 0.717) is 6.54 Å². The van der Waals surface area contributed by atoms with Gasteiger partial charge in [0, 0.05) is 35.8 Å². The fourth-order valence-electron chi connectivity index (χ4n) is 2.53. The largest absolute Gasteiger partial charge is 0.480 e. The summed E-state index contributed by atoms with van der Waals surface area (Å²) in [4.78, 5) is 18.6. The van der Waals surface area contributed by atoms with Crippen molar-refractivity contribution in [2.45, 2.75) is 19.4 Å². The van der Waals surface area contributed by atoms with Crippen LogP contribution in [0.3, 0.4) is 0 Å². The highest BCUT2D eigenvalue weighted by atomic mass is 35.5. The van der Waals surface area contributed by atoms with Crippen LogP contribution in [0, 0.1) is 0 Å². The van der Waals surface area contributed by atoms with Crippen molar-refractivity contribution in [1.82, 2.24) is 9.88 Å². The number of halogens is 1. The molecule has 4 nitrogen and oxygen atoms in total. The molecule has 1 aromatic heterocycles. The minimum atomic E-state index is -0.776.